The molecule has 3 aromatic rings. The summed E-state index contributed by atoms with van der Waals surface area (Å²) in [5.41, 5.74) is 1.29. The van der Waals surface area contributed by atoms with Crippen LogP contribution in [0, 0.1) is 12.7 Å². The number of benzene rings is 3. The lowest BCUT2D eigenvalue weighted by molar-refractivity contribution is -0.139. The van der Waals surface area contributed by atoms with E-state index in [0.717, 1.165) is 48.0 Å². The van der Waals surface area contributed by atoms with Crippen molar-refractivity contribution in [2.24, 2.45) is 0 Å². The minimum absolute atomic E-state index is 0.0188. The molecule has 1 saturated carbocycles. The van der Waals surface area contributed by atoms with Crippen LogP contribution in [-0.2, 0) is 26.2 Å². The lowest BCUT2D eigenvalue weighted by Crippen LogP contribution is -2.53. The van der Waals surface area contributed by atoms with Crippen LogP contribution in [0.3, 0.4) is 0 Å². The molecule has 42 heavy (non-hydrogen) atoms. The number of nitrogens with zero attached hydrogens (tertiary/aromatic N) is 2. The number of para-hydroxylation sites is 1. The van der Waals surface area contributed by atoms with E-state index in [9.17, 15) is 18.0 Å². The molecule has 1 atom stereocenters. The average Bonchev–Trinajstić information content (AvgIpc) is 2.99. The molecular weight excluding hydrogens is 557 g/mol. The van der Waals surface area contributed by atoms with Crippen molar-refractivity contribution in [1.82, 2.24) is 10.2 Å². The maximum Gasteiger partial charge on any atom is 0.264 e. The van der Waals surface area contributed by atoms with Crippen molar-refractivity contribution < 1.29 is 27.1 Å². The van der Waals surface area contributed by atoms with Crippen LogP contribution in [0.5, 0.6) is 5.75 Å². The van der Waals surface area contributed by atoms with Gasteiger partial charge in [0.15, 0.2) is 0 Å². The largest absolute Gasteiger partial charge is 0.497 e. The van der Waals surface area contributed by atoms with E-state index >= 15 is 4.39 Å². The highest BCUT2D eigenvalue weighted by Gasteiger charge is 2.34. The zero-order valence-electron chi connectivity index (χ0n) is 24.3. The van der Waals surface area contributed by atoms with E-state index in [-0.39, 0.29) is 29.1 Å². The van der Waals surface area contributed by atoms with Gasteiger partial charge < -0.3 is 15.0 Å². The third-order valence-electron chi connectivity index (χ3n) is 7.61. The van der Waals surface area contributed by atoms with Crippen molar-refractivity contribution in [2.45, 2.75) is 69.5 Å². The summed E-state index contributed by atoms with van der Waals surface area (Å²) in [6.45, 7) is 2.76. The van der Waals surface area contributed by atoms with Gasteiger partial charge in [0.05, 0.1) is 17.7 Å². The highest BCUT2D eigenvalue weighted by molar-refractivity contribution is 7.92. The van der Waals surface area contributed by atoms with E-state index in [1.54, 1.807) is 43.3 Å². The van der Waals surface area contributed by atoms with E-state index in [1.165, 1.54) is 42.3 Å². The van der Waals surface area contributed by atoms with Crippen LogP contribution in [-0.4, -0.2) is 50.9 Å². The first-order chi connectivity index (χ1) is 20.1. The topological polar surface area (TPSA) is 96.0 Å². The minimum atomic E-state index is -4.35. The van der Waals surface area contributed by atoms with Crippen LogP contribution in [0.2, 0.25) is 0 Å². The highest BCUT2D eigenvalue weighted by atomic mass is 32.2. The Labute approximate surface area is 247 Å². The normalized spacial score (nSPS) is 14.6. The molecule has 0 radical (unpaired) electrons. The van der Waals surface area contributed by atoms with Gasteiger partial charge in [0.25, 0.3) is 10.0 Å². The van der Waals surface area contributed by atoms with Crippen molar-refractivity contribution >= 4 is 27.5 Å². The summed E-state index contributed by atoms with van der Waals surface area (Å²) in [5.74, 6) is -1.18. The van der Waals surface area contributed by atoms with E-state index in [2.05, 4.69) is 5.32 Å². The number of carbonyl (C=O) groups is 2. The summed E-state index contributed by atoms with van der Waals surface area (Å²) in [4.78, 5) is 28.7. The number of hydrogen-bond donors (Lipinski definition) is 1. The van der Waals surface area contributed by atoms with Gasteiger partial charge >= 0.3 is 0 Å². The highest BCUT2D eigenvalue weighted by Crippen LogP contribution is 2.27. The van der Waals surface area contributed by atoms with E-state index in [4.69, 9.17) is 4.74 Å². The van der Waals surface area contributed by atoms with Gasteiger partial charge in [-0.05, 0) is 68.7 Å². The van der Waals surface area contributed by atoms with Crippen LogP contribution in [0.4, 0.5) is 10.1 Å². The molecule has 0 saturated heterocycles. The Morgan fingerprint density at radius 1 is 1.00 bits per heavy atom. The molecule has 0 aromatic heterocycles. The Balaban J connectivity index is 1.69. The van der Waals surface area contributed by atoms with Gasteiger partial charge in [-0.2, -0.15) is 0 Å². The third-order valence-corrected chi connectivity index (χ3v) is 9.39. The number of rotatable bonds is 11. The number of carbonyl (C=O) groups excluding carboxylic acids is 2. The molecule has 0 heterocycles. The Morgan fingerprint density at radius 2 is 1.69 bits per heavy atom. The predicted octanol–water partition coefficient (Wildman–Crippen LogP) is 5.20. The molecule has 1 fully saturated rings. The fraction of sp³-hybridized carbons (Fsp3) is 0.375. The number of sulfonamides is 1. The van der Waals surface area contributed by atoms with E-state index < -0.39 is 34.3 Å². The van der Waals surface area contributed by atoms with Crippen LogP contribution in [0.25, 0.3) is 0 Å². The zero-order valence-corrected chi connectivity index (χ0v) is 25.1. The average molecular weight is 596 g/mol. The number of methoxy groups -OCH3 is 1. The molecule has 2 amide bonds. The van der Waals surface area contributed by atoms with Gasteiger partial charge in [0.2, 0.25) is 11.8 Å². The van der Waals surface area contributed by atoms with Gasteiger partial charge in [-0.25, -0.2) is 12.8 Å². The SMILES string of the molecule is COc1cccc(CN(C(=O)CN(c2ccccc2F)S(=O)(=O)c2ccc(C)cc2)[C@H](C)C(=O)NC2CCCCC2)c1. The Hall–Kier alpha value is -3.92. The van der Waals surface area contributed by atoms with Gasteiger partial charge in [0, 0.05) is 12.6 Å². The van der Waals surface area contributed by atoms with Crippen LogP contribution < -0.4 is 14.4 Å². The summed E-state index contributed by atoms with van der Waals surface area (Å²) in [5, 5.41) is 3.07. The van der Waals surface area contributed by atoms with Gasteiger partial charge in [-0.3, -0.25) is 13.9 Å². The number of hydrogen-bond acceptors (Lipinski definition) is 5. The van der Waals surface area contributed by atoms with Crippen LogP contribution in [0.15, 0.2) is 77.7 Å². The summed E-state index contributed by atoms with van der Waals surface area (Å²) in [7, 11) is -2.82. The molecule has 224 valence electrons. The maximum atomic E-state index is 15.1. The number of aryl methyl sites for hydroxylation is 1. The van der Waals surface area contributed by atoms with Gasteiger partial charge in [-0.1, -0.05) is 61.2 Å². The molecule has 0 unspecified atom stereocenters. The van der Waals surface area contributed by atoms with Crippen LogP contribution >= 0.6 is 0 Å². The fourth-order valence-electron chi connectivity index (χ4n) is 5.12. The number of anilines is 1. The number of halogens is 1. The second kappa shape index (κ2) is 13.8. The minimum Gasteiger partial charge on any atom is -0.497 e. The van der Waals surface area contributed by atoms with Crippen molar-refractivity contribution in [3.05, 3.63) is 89.7 Å². The van der Waals surface area contributed by atoms with Crippen molar-refractivity contribution in [3.8, 4) is 5.75 Å². The van der Waals surface area contributed by atoms with Gasteiger partial charge in [-0.15, -0.1) is 0 Å². The predicted molar refractivity (Wildman–Crippen MR) is 160 cm³/mol. The molecule has 8 nitrogen and oxygen atoms in total. The fourth-order valence-corrected chi connectivity index (χ4v) is 6.55. The first-order valence-electron chi connectivity index (χ1n) is 14.2. The molecule has 4 rings (SSSR count). The summed E-state index contributed by atoms with van der Waals surface area (Å²) in [6, 6.07) is 17.8. The molecule has 3 aromatic carbocycles. The molecule has 0 bridgehead atoms. The molecule has 0 spiro atoms. The molecule has 1 N–H and O–H groups in total. The molecular formula is C32H38FN3O5S. The van der Waals surface area contributed by atoms with Crippen molar-refractivity contribution in [1.29, 1.82) is 0 Å². The monoisotopic (exact) mass is 595 g/mol. The van der Waals surface area contributed by atoms with E-state index in [0.29, 0.717) is 11.3 Å². The van der Waals surface area contributed by atoms with Gasteiger partial charge in [0.1, 0.15) is 24.2 Å². The number of nitrogens with one attached hydrogen (secondary N) is 1. The second-order valence-corrected chi connectivity index (χ2v) is 12.5. The first-order valence-corrected chi connectivity index (χ1v) is 15.6. The van der Waals surface area contributed by atoms with Crippen molar-refractivity contribution in [2.75, 3.05) is 18.0 Å². The lowest BCUT2D eigenvalue weighted by Gasteiger charge is -2.33. The lowest BCUT2D eigenvalue weighted by atomic mass is 9.95. The maximum absolute atomic E-state index is 15.1. The first kappa shape index (κ1) is 31.0. The Bertz CT molecular complexity index is 1490. The zero-order chi connectivity index (χ0) is 30.3. The van der Waals surface area contributed by atoms with Crippen molar-refractivity contribution in [3.63, 3.8) is 0 Å². The standard InChI is InChI=1S/C32H38FN3O5S/c1-23-16-18-28(19-17-23)42(39,40)36(30-15-8-7-14-29(30)33)22-31(37)35(21-25-10-9-13-27(20-25)41-3)24(2)32(38)34-26-11-5-4-6-12-26/h7-10,13-20,24,26H,4-6,11-12,21-22H2,1-3H3,(H,34,38)/t24-/m1/s1. The molecule has 1 aliphatic carbocycles. The Kier molecular flexibility index (Phi) is 10.2. The van der Waals surface area contributed by atoms with E-state index in [1.807, 2.05) is 6.92 Å². The second-order valence-electron chi connectivity index (χ2n) is 10.7. The molecule has 1 aliphatic rings. The summed E-state index contributed by atoms with van der Waals surface area (Å²) >= 11 is 0. The number of ether oxygens (including phenoxy) is 1. The summed E-state index contributed by atoms with van der Waals surface area (Å²) < 4.78 is 48.9. The third kappa shape index (κ3) is 7.47. The molecule has 0 aliphatic heterocycles. The molecule has 10 heteroatoms. The summed E-state index contributed by atoms with van der Waals surface area (Å²) in [6.07, 6.45) is 4.93. The Morgan fingerprint density at radius 3 is 2.36 bits per heavy atom. The quantitative estimate of drug-likeness (QED) is 0.329. The van der Waals surface area contributed by atoms with Crippen LogP contribution in [0.1, 0.15) is 50.2 Å². The number of amides is 2. The smallest absolute Gasteiger partial charge is 0.264 e.